The molecule has 0 aliphatic carbocycles. The average molecular weight is 135 g/mol. The summed E-state index contributed by atoms with van der Waals surface area (Å²) in [5.74, 6) is 0.263. The number of rotatable bonds is 3. The van der Waals surface area contributed by atoms with Crippen molar-refractivity contribution in [2.75, 3.05) is 5.88 Å². The zero-order chi connectivity index (χ0) is 6.62. The van der Waals surface area contributed by atoms with Crippen LogP contribution in [0.25, 0.3) is 0 Å². The summed E-state index contributed by atoms with van der Waals surface area (Å²) in [5, 5.41) is 9.12. The number of hydrogen-bond donors (Lipinski definition) is 1. The van der Waals surface area contributed by atoms with Crippen LogP contribution in [0.3, 0.4) is 0 Å². The Morgan fingerprint density at radius 2 is 2.38 bits per heavy atom. The summed E-state index contributed by atoms with van der Waals surface area (Å²) in [6.07, 6.45) is 2.21. The zero-order valence-corrected chi connectivity index (χ0v) is 5.78. The van der Waals surface area contributed by atoms with Crippen molar-refractivity contribution >= 4 is 11.6 Å². The Kier molecular flexibility index (Phi) is 3.10. The number of aliphatic hydroxyl groups is 1. The fraction of sp³-hybridized carbons (Fsp3) is 0.667. The minimum Gasteiger partial charge on any atom is -0.389 e. The molecule has 2 heteroatoms. The van der Waals surface area contributed by atoms with E-state index in [1.807, 2.05) is 0 Å². The highest BCUT2D eigenvalue weighted by Crippen LogP contribution is 2.10. The third-order valence-electron chi connectivity index (χ3n) is 0.872. The summed E-state index contributed by atoms with van der Waals surface area (Å²) in [5.41, 5.74) is -0.761. The van der Waals surface area contributed by atoms with Crippen molar-refractivity contribution < 1.29 is 5.11 Å². The van der Waals surface area contributed by atoms with Crippen molar-refractivity contribution in [3.8, 4) is 0 Å². The highest BCUT2D eigenvalue weighted by Gasteiger charge is 2.15. The first-order valence-corrected chi connectivity index (χ1v) is 3.05. The number of alkyl halides is 1. The molecule has 0 heterocycles. The minimum absolute atomic E-state index is 0.263. The Morgan fingerprint density at radius 3 is 2.50 bits per heavy atom. The van der Waals surface area contributed by atoms with Crippen LogP contribution < -0.4 is 0 Å². The molecule has 0 spiro atoms. The van der Waals surface area contributed by atoms with Gasteiger partial charge in [0.2, 0.25) is 0 Å². The second kappa shape index (κ2) is 3.10. The molecule has 8 heavy (non-hydrogen) atoms. The lowest BCUT2D eigenvalue weighted by molar-refractivity contribution is 0.0876. The van der Waals surface area contributed by atoms with Crippen LogP contribution in [0.5, 0.6) is 0 Å². The molecule has 0 aromatic rings. The SMILES string of the molecule is C=CCC(C)(O)CCl. The van der Waals surface area contributed by atoms with Crippen LogP contribution >= 0.6 is 11.6 Å². The second-order valence-electron chi connectivity index (χ2n) is 2.12. The maximum atomic E-state index is 9.12. The molecule has 0 rings (SSSR count). The Morgan fingerprint density at radius 1 is 1.88 bits per heavy atom. The maximum absolute atomic E-state index is 9.12. The third-order valence-corrected chi connectivity index (χ3v) is 1.45. The molecule has 0 amide bonds. The lowest BCUT2D eigenvalue weighted by Gasteiger charge is -2.16. The largest absolute Gasteiger partial charge is 0.389 e. The molecule has 0 radical (unpaired) electrons. The summed E-state index contributed by atoms with van der Waals surface area (Å²) in [6.45, 7) is 5.16. The van der Waals surface area contributed by atoms with Gasteiger partial charge < -0.3 is 5.11 Å². The zero-order valence-electron chi connectivity index (χ0n) is 5.02. The molecule has 0 aromatic heterocycles. The summed E-state index contributed by atoms with van der Waals surface area (Å²) in [7, 11) is 0. The van der Waals surface area contributed by atoms with Gasteiger partial charge >= 0.3 is 0 Å². The Bertz CT molecular complexity index is 78.6. The van der Waals surface area contributed by atoms with Crippen molar-refractivity contribution in [1.29, 1.82) is 0 Å². The molecule has 1 unspecified atom stereocenters. The molecule has 0 saturated heterocycles. The van der Waals surface area contributed by atoms with Gasteiger partial charge in [-0.3, -0.25) is 0 Å². The van der Waals surface area contributed by atoms with Gasteiger partial charge in [-0.25, -0.2) is 0 Å². The van der Waals surface area contributed by atoms with E-state index in [9.17, 15) is 0 Å². The van der Waals surface area contributed by atoms with E-state index in [0.717, 1.165) is 0 Å². The predicted molar refractivity (Wildman–Crippen MR) is 36.2 cm³/mol. The standard InChI is InChI=1S/C6H11ClO/c1-3-4-6(2,8)5-7/h3,8H,1,4-5H2,2H3. The Balaban J connectivity index is 3.53. The van der Waals surface area contributed by atoms with E-state index in [1.165, 1.54) is 0 Å². The monoisotopic (exact) mass is 134 g/mol. The van der Waals surface area contributed by atoms with Crippen LogP contribution in [-0.2, 0) is 0 Å². The minimum atomic E-state index is -0.761. The maximum Gasteiger partial charge on any atom is 0.0788 e. The normalized spacial score (nSPS) is 17.4. The second-order valence-corrected chi connectivity index (χ2v) is 2.39. The fourth-order valence-corrected chi connectivity index (χ4v) is 0.475. The van der Waals surface area contributed by atoms with Gasteiger partial charge in [0.15, 0.2) is 0 Å². The molecular weight excluding hydrogens is 124 g/mol. The highest BCUT2D eigenvalue weighted by molar-refractivity contribution is 6.18. The van der Waals surface area contributed by atoms with E-state index in [2.05, 4.69) is 6.58 Å². The summed E-state index contributed by atoms with van der Waals surface area (Å²) >= 11 is 5.37. The predicted octanol–water partition coefficient (Wildman–Crippen LogP) is 1.55. The molecule has 0 aliphatic rings. The van der Waals surface area contributed by atoms with Crippen LogP contribution in [-0.4, -0.2) is 16.6 Å². The van der Waals surface area contributed by atoms with Crippen molar-refractivity contribution in [2.45, 2.75) is 18.9 Å². The van der Waals surface area contributed by atoms with Crippen molar-refractivity contribution in [3.63, 3.8) is 0 Å². The summed E-state index contributed by atoms with van der Waals surface area (Å²) in [6, 6.07) is 0. The van der Waals surface area contributed by atoms with E-state index in [0.29, 0.717) is 6.42 Å². The average Bonchev–Trinajstić information content (AvgIpc) is 1.67. The summed E-state index contributed by atoms with van der Waals surface area (Å²) < 4.78 is 0. The van der Waals surface area contributed by atoms with Crippen LogP contribution in [0.1, 0.15) is 13.3 Å². The van der Waals surface area contributed by atoms with E-state index < -0.39 is 5.60 Å². The van der Waals surface area contributed by atoms with Gasteiger partial charge in [0.05, 0.1) is 11.5 Å². The molecule has 0 aliphatic heterocycles. The molecule has 1 N–H and O–H groups in total. The Labute approximate surface area is 55.0 Å². The van der Waals surface area contributed by atoms with E-state index in [4.69, 9.17) is 16.7 Å². The number of hydrogen-bond acceptors (Lipinski definition) is 1. The van der Waals surface area contributed by atoms with Gasteiger partial charge in [-0.2, -0.15) is 0 Å². The molecule has 1 nitrogen and oxygen atoms in total. The quantitative estimate of drug-likeness (QED) is 0.459. The Hall–Kier alpha value is -0.0100. The molecule has 48 valence electrons. The lowest BCUT2D eigenvalue weighted by atomic mass is 10.1. The van der Waals surface area contributed by atoms with Crippen molar-refractivity contribution in [1.82, 2.24) is 0 Å². The van der Waals surface area contributed by atoms with Gasteiger partial charge in [0.25, 0.3) is 0 Å². The van der Waals surface area contributed by atoms with E-state index >= 15 is 0 Å². The third kappa shape index (κ3) is 3.05. The topological polar surface area (TPSA) is 20.2 Å². The van der Waals surface area contributed by atoms with Crippen molar-refractivity contribution in [3.05, 3.63) is 12.7 Å². The van der Waals surface area contributed by atoms with Crippen LogP contribution in [0.2, 0.25) is 0 Å². The van der Waals surface area contributed by atoms with Crippen LogP contribution in [0.4, 0.5) is 0 Å². The molecular formula is C6H11ClO. The van der Waals surface area contributed by atoms with E-state index in [-0.39, 0.29) is 5.88 Å². The van der Waals surface area contributed by atoms with Gasteiger partial charge in [-0.15, -0.1) is 18.2 Å². The molecule has 0 saturated carbocycles. The molecule has 0 bridgehead atoms. The smallest absolute Gasteiger partial charge is 0.0788 e. The van der Waals surface area contributed by atoms with Gasteiger partial charge in [-0.1, -0.05) is 6.08 Å². The fourth-order valence-electron chi connectivity index (χ4n) is 0.366. The first-order valence-electron chi connectivity index (χ1n) is 2.51. The van der Waals surface area contributed by atoms with Crippen LogP contribution in [0.15, 0.2) is 12.7 Å². The molecule has 0 fully saturated rings. The molecule has 1 atom stereocenters. The summed E-state index contributed by atoms with van der Waals surface area (Å²) in [4.78, 5) is 0. The van der Waals surface area contributed by atoms with Gasteiger partial charge in [0.1, 0.15) is 0 Å². The first-order chi connectivity index (χ1) is 3.62. The van der Waals surface area contributed by atoms with Gasteiger partial charge in [0, 0.05) is 0 Å². The number of halogens is 1. The van der Waals surface area contributed by atoms with E-state index in [1.54, 1.807) is 13.0 Å². The van der Waals surface area contributed by atoms with Crippen molar-refractivity contribution in [2.24, 2.45) is 0 Å². The highest BCUT2D eigenvalue weighted by atomic mass is 35.5. The lowest BCUT2D eigenvalue weighted by Crippen LogP contribution is -2.24. The molecule has 0 aromatic carbocycles. The van der Waals surface area contributed by atoms with Gasteiger partial charge in [-0.05, 0) is 13.3 Å². The first kappa shape index (κ1) is 7.99. The van der Waals surface area contributed by atoms with Crippen LogP contribution in [0, 0.1) is 0 Å².